The second-order valence-corrected chi connectivity index (χ2v) is 4.58. The molecule has 1 aliphatic rings. The third-order valence-electron chi connectivity index (χ3n) is 2.70. The first-order valence-electron chi connectivity index (χ1n) is 5.22. The van der Waals surface area contributed by atoms with Gasteiger partial charge in [0.1, 0.15) is 0 Å². The Kier molecular flexibility index (Phi) is 3.40. The number of aromatic nitrogens is 1. The Morgan fingerprint density at radius 3 is 2.50 bits per heavy atom. The third kappa shape index (κ3) is 2.27. The molecule has 0 atom stereocenters. The smallest absolute Gasteiger partial charge is 0.0592 e. The molecule has 1 aromatic heterocycles. The highest BCUT2D eigenvalue weighted by atomic mass is 79.9. The predicted octanol–water partition coefficient (Wildman–Crippen LogP) is 3.22. The summed E-state index contributed by atoms with van der Waals surface area (Å²) in [6.07, 6.45) is 9.12. The summed E-state index contributed by atoms with van der Waals surface area (Å²) in [5.41, 5.74) is 1.29. The normalized spacial score (nSPS) is 17.9. The Morgan fingerprint density at radius 2 is 1.86 bits per heavy atom. The lowest BCUT2D eigenvalue weighted by Crippen LogP contribution is -2.24. The van der Waals surface area contributed by atoms with Crippen LogP contribution in [0.4, 0.5) is 5.69 Å². The van der Waals surface area contributed by atoms with Gasteiger partial charge in [0.15, 0.2) is 0 Å². The minimum absolute atomic E-state index is 1.11. The van der Waals surface area contributed by atoms with Crippen LogP contribution < -0.4 is 4.90 Å². The van der Waals surface area contributed by atoms with Gasteiger partial charge in [-0.25, -0.2) is 0 Å². The molecule has 1 fully saturated rings. The van der Waals surface area contributed by atoms with Gasteiger partial charge >= 0.3 is 0 Å². The van der Waals surface area contributed by atoms with E-state index in [4.69, 9.17) is 0 Å². The van der Waals surface area contributed by atoms with Crippen LogP contribution in [0.5, 0.6) is 0 Å². The van der Waals surface area contributed by atoms with Crippen molar-refractivity contribution in [1.29, 1.82) is 0 Å². The third-order valence-corrected chi connectivity index (χ3v) is 3.31. The minimum atomic E-state index is 1.11. The monoisotopic (exact) mass is 254 g/mol. The van der Waals surface area contributed by atoms with Crippen LogP contribution in [0.3, 0.4) is 0 Å². The van der Waals surface area contributed by atoms with E-state index in [1.165, 1.54) is 44.5 Å². The highest BCUT2D eigenvalue weighted by Gasteiger charge is 2.11. The number of anilines is 1. The number of hydrogen-bond acceptors (Lipinski definition) is 2. The van der Waals surface area contributed by atoms with Crippen molar-refractivity contribution in [2.75, 3.05) is 18.0 Å². The van der Waals surface area contributed by atoms with Crippen molar-refractivity contribution in [3.05, 3.63) is 22.9 Å². The van der Waals surface area contributed by atoms with E-state index in [2.05, 4.69) is 31.9 Å². The van der Waals surface area contributed by atoms with Crippen LogP contribution in [0.15, 0.2) is 22.9 Å². The fraction of sp³-hybridized carbons (Fsp3) is 0.545. The van der Waals surface area contributed by atoms with Crippen molar-refractivity contribution >= 4 is 21.6 Å². The van der Waals surface area contributed by atoms with Crippen molar-refractivity contribution in [3.8, 4) is 0 Å². The Morgan fingerprint density at radius 1 is 1.14 bits per heavy atom. The molecule has 0 radical (unpaired) electrons. The zero-order valence-electron chi connectivity index (χ0n) is 8.25. The fourth-order valence-corrected chi connectivity index (χ4v) is 2.44. The number of halogens is 1. The lowest BCUT2D eigenvalue weighted by atomic mass is 10.2. The molecule has 14 heavy (non-hydrogen) atoms. The van der Waals surface area contributed by atoms with Crippen molar-refractivity contribution in [2.45, 2.75) is 25.7 Å². The molecule has 0 aromatic carbocycles. The van der Waals surface area contributed by atoms with Gasteiger partial charge in [-0.1, -0.05) is 12.8 Å². The molecule has 3 heteroatoms. The molecule has 2 nitrogen and oxygen atoms in total. The van der Waals surface area contributed by atoms with E-state index in [1.54, 1.807) is 0 Å². The zero-order valence-corrected chi connectivity index (χ0v) is 9.83. The van der Waals surface area contributed by atoms with Crippen LogP contribution in [0, 0.1) is 0 Å². The highest BCUT2D eigenvalue weighted by molar-refractivity contribution is 9.10. The maximum absolute atomic E-state index is 4.09. The summed E-state index contributed by atoms with van der Waals surface area (Å²) < 4.78 is 1.11. The van der Waals surface area contributed by atoms with Gasteiger partial charge in [0.05, 0.1) is 10.2 Å². The van der Waals surface area contributed by atoms with E-state index in [1.807, 2.05) is 12.4 Å². The summed E-state index contributed by atoms with van der Waals surface area (Å²) in [4.78, 5) is 6.55. The summed E-state index contributed by atoms with van der Waals surface area (Å²) >= 11 is 3.55. The molecule has 2 heterocycles. The second-order valence-electron chi connectivity index (χ2n) is 3.73. The molecule has 0 bridgehead atoms. The minimum Gasteiger partial charge on any atom is -0.371 e. The lowest BCUT2D eigenvalue weighted by molar-refractivity contribution is 0.726. The molecule has 0 aliphatic carbocycles. The fourth-order valence-electron chi connectivity index (χ4n) is 1.94. The van der Waals surface area contributed by atoms with Crippen molar-refractivity contribution < 1.29 is 0 Å². The number of pyridine rings is 1. The van der Waals surface area contributed by atoms with Gasteiger partial charge in [-0.05, 0) is 34.8 Å². The summed E-state index contributed by atoms with van der Waals surface area (Å²) in [7, 11) is 0. The average molecular weight is 255 g/mol. The quantitative estimate of drug-likeness (QED) is 0.765. The Labute approximate surface area is 93.5 Å². The Bertz CT molecular complexity index is 293. The topological polar surface area (TPSA) is 16.1 Å². The Hall–Kier alpha value is -0.570. The Balaban J connectivity index is 2.16. The van der Waals surface area contributed by atoms with E-state index in [9.17, 15) is 0 Å². The van der Waals surface area contributed by atoms with E-state index in [0.717, 1.165) is 4.47 Å². The van der Waals surface area contributed by atoms with Gasteiger partial charge in [0.25, 0.3) is 0 Å². The number of hydrogen-bond donors (Lipinski definition) is 0. The lowest BCUT2D eigenvalue weighted by Gasteiger charge is -2.23. The molecule has 0 amide bonds. The van der Waals surface area contributed by atoms with Crippen LogP contribution in [0.1, 0.15) is 25.7 Å². The molecule has 0 saturated carbocycles. The molecule has 2 rings (SSSR count). The van der Waals surface area contributed by atoms with Crippen molar-refractivity contribution in [3.63, 3.8) is 0 Å². The van der Waals surface area contributed by atoms with Gasteiger partial charge in [0.2, 0.25) is 0 Å². The molecular weight excluding hydrogens is 240 g/mol. The van der Waals surface area contributed by atoms with Crippen LogP contribution in [-0.2, 0) is 0 Å². The molecule has 1 aromatic rings. The van der Waals surface area contributed by atoms with Crippen molar-refractivity contribution in [1.82, 2.24) is 4.98 Å². The van der Waals surface area contributed by atoms with Crippen LogP contribution in [0.25, 0.3) is 0 Å². The first kappa shape index (κ1) is 9.97. The van der Waals surface area contributed by atoms with Crippen LogP contribution >= 0.6 is 15.9 Å². The summed E-state index contributed by atoms with van der Waals surface area (Å²) in [5, 5.41) is 0. The molecule has 0 unspecified atom stereocenters. The summed E-state index contributed by atoms with van der Waals surface area (Å²) in [5.74, 6) is 0. The van der Waals surface area contributed by atoms with Gasteiger partial charge in [-0.2, -0.15) is 0 Å². The average Bonchev–Trinajstić information content (AvgIpc) is 2.47. The molecular formula is C11H15BrN2. The van der Waals surface area contributed by atoms with Crippen LogP contribution in [-0.4, -0.2) is 18.1 Å². The van der Waals surface area contributed by atoms with E-state index >= 15 is 0 Å². The summed E-state index contributed by atoms with van der Waals surface area (Å²) in [6.45, 7) is 2.37. The predicted molar refractivity (Wildman–Crippen MR) is 62.6 cm³/mol. The van der Waals surface area contributed by atoms with E-state index < -0.39 is 0 Å². The second kappa shape index (κ2) is 4.78. The maximum atomic E-state index is 4.09. The SMILES string of the molecule is Brc1cnccc1N1CCCCCC1. The number of nitrogens with zero attached hydrogens (tertiary/aromatic N) is 2. The van der Waals surface area contributed by atoms with Gasteiger partial charge < -0.3 is 4.90 Å². The molecule has 1 saturated heterocycles. The van der Waals surface area contributed by atoms with Crippen LogP contribution in [0.2, 0.25) is 0 Å². The largest absolute Gasteiger partial charge is 0.371 e. The van der Waals surface area contributed by atoms with E-state index in [-0.39, 0.29) is 0 Å². The highest BCUT2D eigenvalue weighted by Crippen LogP contribution is 2.26. The molecule has 0 spiro atoms. The molecule has 0 N–H and O–H groups in total. The van der Waals surface area contributed by atoms with Gasteiger partial charge in [0, 0.05) is 25.5 Å². The molecule has 76 valence electrons. The zero-order chi connectivity index (χ0) is 9.80. The standard InChI is InChI=1S/C11H15BrN2/c12-10-9-13-6-5-11(10)14-7-3-1-2-4-8-14/h5-6,9H,1-4,7-8H2. The van der Waals surface area contributed by atoms with E-state index in [0.29, 0.717) is 0 Å². The molecule has 1 aliphatic heterocycles. The van der Waals surface area contributed by atoms with Crippen molar-refractivity contribution in [2.24, 2.45) is 0 Å². The summed E-state index contributed by atoms with van der Waals surface area (Å²) in [6, 6.07) is 2.09. The number of rotatable bonds is 1. The first-order chi connectivity index (χ1) is 6.88. The first-order valence-corrected chi connectivity index (χ1v) is 6.02. The van der Waals surface area contributed by atoms with Gasteiger partial charge in [-0.3, -0.25) is 4.98 Å². The maximum Gasteiger partial charge on any atom is 0.0592 e. The van der Waals surface area contributed by atoms with Gasteiger partial charge in [-0.15, -0.1) is 0 Å².